The Labute approximate surface area is 149 Å². The van der Waals surface area contributed by atoms with E-state index < -0.39 is 28.0 Å². The van der Waals surface area contributed by atoms with Crippen molar-refractivity contribution in [3.8, 4) is 5.88 Å². The minimum Gasteiger partial charge on any atom is -0.472 e. The van der Waals surface area contributed by atoms with Crippen molar-refractivity contribution in [1.29, 1.82) is 0 Å². The fraction of sp³-hybridized carbons (Fsp3) is 0.353. The molecule has 0 N–H and O–H groups in total. The number of benzene rings is 1. The van der Waals surface area contributed by atoms with Gasteiger partial charge in [-0.2, -0.15) is 17.5 Å². The molecule has 0 unspecified atom stereocenters. The molecular formula is C17H17F3N2O3S. The molecule has 1 saturated heterocycles. The Morgan fingerprint density at radius 3 is 2.46 bits per heavy atom. The largest absolute Gasteiger partial charge is 0.472 e. The number of pyridine rings is 1. The van der Waals surface area contributed by atoms with Crippen molar-refractivity contribution in [2.24, 2.45) is 0 Å². The molecule has 1 aromatic carbocycles. The second kappa shape index (κ2) is 6.55. The number of aryl methyl sites for hydroxylation is 2. The molecule has 1 aliphatic heterocycles. The van der Waals surface area contributed by atoms with E-state index in [0.717, 1.165) is 11.6 Å². The normalized spacial score (nSPS) is 16.3. The highest BCUT2D eigenvalue weighted by atomic mass is 32.2. The molecule has 3 rings (SSSR count). The zero-order chi connectivity index (χ0) is 19.1. The number of alkyl halides is 3. The highest BCUT2D eigenvalue weighted by molar-refractivity contribution is 7.89. The van der Waals surface area contributed by atoms with Crippen LogP contribution in [0.5, 0.6) is 5.88 Å². The summed E-state index contributed by atoms with van der Waals surface area (Å²) in [5, 5.41) is 0. The van der Waals surface area contributed by atoms with Gasteiger partial charge in [0.05, 0.1) is 18.0 Å². The van der Waals surface area contributed by atoms with Gasteiger partial charge in [-0.1, -0.05) is 23.8 Å². The lowest BCUT2D eigenvalue weighted by Crippen LogP contribution is -2.56. The van der Waals surface area contributed by atoms with E-state index in [1.54, 1.807) is 25.1 Å². The number of halogens is 3. The molecule has 0 atom stereocenters. The molecule has 2 aromatic rings. The first-order chi connectivity index (χ1) is 12.1. The quantitative estimate of drug-likeness (QED) is 0.810. The maximum absolute atomic E-state index is 12.7. The zero-order valence-electron chi connectivity index (χ0n) is 14.1. The van der Waals surface area contributed by atoms with Crippen LogP contribution in [-0.2, 0) is 16.2 Å². The monoisotopic (exact) mass is 386 g/mol. The van der Waals surface area contributed by atoms with E-state index in [1.165, 1.54) is 16.4 Å². The number of rotatable bonds is 4. The molecule has 1 aromatic heterocycles. The molecular weight excluding hydrogens is 369 g/mol. The first kappa shape index (κ1) is 18.7. The van der Waals surface area contributed by atoms with Crippen LogP contribution in [-0.4, -0.2) is 36.9 Å². The van der Waals surface area contributed by atoms with Gasteiger partial charge in [0, 0.05) is 6.07 Å². The highest BCUT2D eigenvalue weighted by Gasteiger charge is 2.39. The molecule has 1 fully saturated rings. The lowest BCUT2D eigenvalue weighted by molar-refractivity contribution is -0.141. The minimum absolute atomic E-state index is 0.0631. The van der Waals surface area contributed by atoms with Crippen LogP contribution in [0, 0.1) is 13.8 Å². The summed E-state index contributed by atoms with van der Waals surface area (Å²) in [5.41, 5.74) is 0.560. The Bertz CT molecular complexity index is 923. The molecule has 0 amide bonds. The summed E-state index contributed by atoms with van der Waals surface area (Å²) >= 11 is 0. The molecule has 0 radical (unpaired) electrons. The van der Waals surface area contributed by atoms with Crippen molar-refractivity contribution in [1.82, 2.24) is 9.29 Å². The van der Waals surface area contributed by atoms with Gasteiger partial charge in [0.15, 0.2) is 0 Å². The van der Waals surface area contributed by atoms with E-state index in [-0.39, 0.29) is 23.9 Å². The van der Waals surface area contributed by atoms with E-state index in [2.05, 4.69) is 4.98 Å². The van der Waals surface area contributed by atoms with Crippen molar-refractivity contribution in [2.75, 3.05) is 13.1 Å². The molecule has 140 valence electrons. The Morgan fingerprint density at radius 2 is 1.85 bits per heavy atom. The minimum atomic E-state index is -4.56. The molecule has 0 spiro atoms. The van der Waals surface area contributed by atoms with Gasteiger partial charge >= 0.3 is 6.18 Å². The number of nitrogens with zero attached hydrogens (tertiary/aromatic N) is 2. The predicted molar refractivity (Wildman–Crippen MR) is 88.3 cm³/mol. The second-order valence-electron chi connectivity index (χ2n) is 6.19. The zero-order valence-corrected chi connectivity index (χ0v) is 14.9. The van der Waals surface area contributed by atoms with Crippen LogP contribution in [0.2, 0.25) is 0 Å². The summed E-state index contributed by atoms with van der Waals surface area (Å²) in [7, 11) is -3.65. The molecule has 2 heterocycles. The molecule has 0 aliphatic carbocycles. The maximum atomic E-state index is 12.7. The van der Waals surface area contributed by atoms with E-state index in [4.69, 9.17) is 4.74 Å². The topological polar surface area (TPSA) is 59.5 Å². The Kier molecular flexibility index (Phi) is 4.70. The van der Waals surface area contributed by atoms with Crippen molar-refractivity contribution in [3.63, 3.8) is 0 Å². The third-order valence-corrected chi connectivity index (χ3v) is 6.06. The third-order valence-electron chi connectivity index (χ3n) is 4.06. The highest BCUT2D eigenvalue weighted by Crippen LogP contribution is 2.30. The van der Waals surface area contributed by atoms with Gasteiger partial charge < -0.3 is 4.74 Å². The molecule has 0 bridgehead atoms. The number of hydrogen-bond acceptors (Lipinski definition) is 4. The fourth-order valence-electron chi connectivity index (χ4n) is 2.71. The first-order valence-corrected chi connectivity index (χ1v) is 9.30. The molecule has 26 heavy (non-hydrogen) atoms. The smallest absolute Gasteiger partial charge is 0.433 e. The van der Waals surface area contributed by atoms with Crippen LogP contribution in [0.15, 0.2) is 41.3 Å². The summed E-state index contributed by atoms with van der Waals surface area (Å²) in [6, 6.07) is 8.44. The summed E-state index contributed by atoms with van der Waals surface area (Å²) in [4.78, 5) is 3.64. The van der Waals surface area contributed by atoms with Crippen LogP contribution >= 0.6 is 0 Å². The van der Waals surface area contributed by atoms with Gasteiger partial charge in [-0.15, -0.1) is 0 Å². The fourth-order valence-corrected chi connectivity index (χ4v) is 4.42. The summed E-state index contributed by atoms with van der Waals surface area (Å²) in [5.74, 6) is -0.173. The summed E-state index contributed by atoms with van der Waals surface area (Å²) in [6.45, 7) is 3.72. The number of sulfonamides is 1. The van der Waals surface area contributed by atoms with Gasteiger partial charge in [0.25, 0.3) is 0 Å². The lowest BCUT2D eigenvalue weighted by Gasteiger charge is -2.37. The number of hydrogen-bond donors (Lipinski definition) is 0. The van der Waals surface area contributed by atoms with E-state index >= 15 is 0 Å². The Hall–Kier alpha value is -2.13. The van der Waals surface area contributed by atoms with Crippen molar-refractivity contribution < 1.29 is 26.3 Å². The van der Waals surface area contributed by atoms with Crippen LogP contribution in [0.3, 0.4) is 0 Å². The molecule has 0 saturated carbocycles. The first-order valence-electron chi connectivity index (χ1n) is 7.86. The van der Waals surface area contributed by atoms with Crippen LogP contribution in [0.4, 0.5) is 13.2 Å². The average molecular weight is 386 g/mol. The van der Waals surface area contributed by atoms with E-state index in [9.17, 15) is 21.6 Å². The van der Waals surface area contributed by atoms with E-state index in [1.807, 2.05) is 6.92 Å². The Morgan fingerprint density at radius 1 is 1.15 bits per heavy atom. The maximum Gasteiger partial charge on any atom is 0.433 e. The van der Waals surface area contributed by atoms with Crippen molar-refractivity contribution >= 4 is 10.0 Å². The average Bonchev–Trinajstić information content (AvgIpc) is 2.49. The lowest BCUT2D eigenvalue weighted by atomic mass is 10.2. The van der Waals surface area contributed by atoms with Crippen molar-refractivity contribution in [3.05, 3.63) is 53.2 Å². The van der Waals surface area contributed by atoms with Crippen LogP contribution < -0.4 is 4.74 Å². The molecule has 5 nitrogen and oxygen atoms in total. The van der Waals surface area contributed by atoms with Gasteiger partial charge in [0.1, 0.15) is 11.8 Å². The Balaban J connectivity index is 1.67. The molecule has 9 heteroatoms. The van der Waals surface area contributed by atoms with Crippen LogP contribution in [0.1, 0.15) is 16.8 Å². The van der Waals surface area contributed by atoms with Crippen molar-refractivity contribution in [2.45, 2.75) is 31.0 Å². The SMILES string of the molecule is Cc1ccc(S(=O)(=O)N2CC(Oc3cccc(C(F)(F)F)n3)C2)c(C)c1. The molecule has 1 aliphatic rings. The van der Waals surface area contributed by atoms with Gasteiger partial charge in [-0.3, -0.25) is 0 Å². The third kappa shape index (κ3) is 3.68. The standard InChI is InChI=1S/C17H17F3N2O3S/c1-11-6-7-14(12(2)8-11)26(23,24)22-9-13(10-22)25-16-5-3-4-15(21-16)17(18,19)20/h3-8,13H,9-10H2,1-2H3. The predicted octanol–water partition coefficient (Wildman–Crippen LogP) is 3.17. The van der Waals surface area contributed by atoms with Crippen LogP contribution in [0.25, 0.3) is 0 Å². The summed E-state index contributed by atoms with van der Waals surface area (Å²) in [6.07, 6.45) is -5.09. The summed E-state index contributed by atoms with van der Waals surface area (Å²) < 4.78 is 69.9. The van der Waals surface area contributed by atoms with E-state index in [0.29, 0.717) is 5.56 Å². The number of aromatic nitrogens is 1. The van der Waals surface area contributed by atoms with Gasteiger partial charge in [0.2, 0.25) is 15.9 Å². The number of ether oxygens (including phenoxy) is 1. The second-order valence-corrected chi connectivity index (χ2v) is 8.10. The van der Waals surface area contributed by atoms with Gasteiger partial charge in [-0.05, 0) is 31.5 Å². The van der Waals surface area contributed by atoms with Gasteiger partial charge in [-0.25, -0.2) is 13.4 Å².